The molecule has 4 nitrogen and oxygen atoms in total. The number of rotatable bonds is 0. The third kappa shape index (κ3) is 68.8. The Hall–Kier alpha value is 2.09. The van der Waals surface area contributed by atoms with Crippen molar-refractivity contribution in [3.05, 3.63) is 0 Å². The molecule has 0 bridgehead atoms. The van der Waals surface area contributed by atoms with Crippen molar-refractivity contribution in [2.24, 2.45) is 0 Å². The minimum atomic E-state index is 0. The van der Waals surface area contributed by atoms with Crippen LogP contribution >= 0.6 is 0 Å². The zero-order valence-electron chi connectivity index (χ0n) is 3.87. The minimum Gasteiger partial charge on any atom is -0.870 e. The quantitative estimate of drug-likeness (QED) is 0.339. The van der Waals surface area contributed by atoms with Crippen molar-refractivity contribution in [1.82, 2.24) is 0 Å². The fourth-order valence-electron chi connectivity index (χ4n) is 0. The van der Waals surface area contributed by atoms with Gasteiger partial charge in [-0.1, -0.05) is 0 Å². The van der Waals surface area contributed by atoms with E-state index in [4.69, 9.17) is 0 Å². The second-order valence-electron chi connectivity index (χ2n) is 0. The summed E-state index contributed by atoms with van der Waals surface area (Å²) in [6, 6.07) is 0. The van der Waals surface area contributed by atoms with Crippen LogP contribution in [0.25, 0.3) is 0 Å². The van der Waals surface area contributed by atoms with Crippen LogP contribution in [-0.4, -0.2) is 39.3 Å². The van der Waals surface area contributed by atoms with Gasteiger partial charge >= 0.3 is 46.9 Å². The van der Waals surface area contributed by atoms with Crippen LogP contribution in [0.3, 0.4) is 0 Å². The number of hydrogen-bond donors (Lipinski definition) is 0. The van der Waals surface area contributed by atoms with Crippen molar-refractivity contribution < 1.29 is 73.2 Å². The summed E-state index contributed by atoms with van der Waals surface area (Å²) in [5.74, 6) is 0. The molecule has 0 saturated heterocycles. The van der Waals surface area contributed by atoms with Gasteiger partial charge < -0.3 is 21.9 Å². The van der Waals surface area contributed by atoms with Crippen LogP contribution in [0.5, 0.6) is 0 Å². The normalized spacial score (nSPS) is 0. The summed E-state index contributed by atoms with van der Waals surface area (Å²) in [6.07, 6.45) is 0. The van der Waals surface area contributed by atoms with Gasteiger partial charge in [-0.3, -0.25) is 0 Å². The standard InChI is InChI=1S/Al.Na.4H2O.Ti/h;;4*1H2;/q+3;+1;;;;;/p-4. The molecule has 7 heavy (non-hydrogen) atoms. The summed E-state index contributed by atoms with van der Waals surface area (Å²) in [5.41, 5.74) is 0. The van der Waals surface area contributed by atoms with Crippen LogP contribution in [0.2, 0.25) is 0 Å². The van der Waals surface area contributed by atoms with E-state index in [1.807, 2.05) is 0 Å². The van der Waals surface area contributed by atoms with Gasteiger partial charge in [0.15, 0.2) is 0 Å². The van der Waals surface area contributed by atoms with E-state index in [-0.39, 0.29) is 90.5 Å². The predicted molar refractivity (Wildman–Crippen MR) is 13.5 cm³/mol. The maximum absolute atomic E-state index is 0. The summed E-state index contributed by atoms with van der Waals surface area (Å²) < 4.78 is 0. The summed E-state index contributed by atoms with van der Waals surface area (Å²) in [7, 11) is 0. The molecule has 36 valence electrons. The Morgan fingerprint density at radius 2 is 0.571 bits per heavy atom. The Morgan fingerprint density at radius 1 is 0.571 bits per heavy atom. The van der Waals surface area contributed by atoms with Crippen molar-refractivity contribution in [2.45, 2.75) is 0 Å². The Morgan fingerprint density at radius 3 is 0.571 bits per heavy atom. The van der Waals surface area contributed by atoms with E-state index >= 15 is 0 Å². The first-order valence-corrected chi connectivity index (χ1v) is 0. The van der Waals surface area contributed by atoms with Crippen LogP contribution in [0, 0.1) is 0 Å². The molecule has 0 aromatic carbocycles. The third-order valence-corrected chi connectivity index (χ3v) is 0. The summed E-state index contributed by atoms with van der Waals surface area (Å²) in [4.78, 5) is 0. The van der Waals surface area contributed by atoms with E-state index < -0.39 is 0 Å². The average molecular weight is 166 g/mol. The molecule has 0 unspecified atom stereocenters. The summed E-state index contributed by atoms with van der Waals surface area (Å²) in [5, 5.41) is 0. The molecule has 4 N–H and O–H groups in total. The molecule has 0 heterocycles. The topological polar surface area (TPSA) is 120 Å². The maximum atomic E-state index is 0. The van der Waals surface area contributed by atoms with Gasteiger partial charge in [0.05, 0.1) is 0 Å². The molecule has 0 spiro atoms. The molecule has 0 aliphatic rings. The number of hydrogen-bond acceptors (Lipinski definition) is 4. The van der Waals surface area contributed by atoms with Gasteiger partial charge in [-0.25, -0.2) is 0 Å². The van der Waals surface area contributed by atoms with E-state index in [1.165, 1.54) is 0 Å². The first-order valence-electron chi connectivity index (χ1n) is 0. The van der Waals surface area contributed by atoms with E-state index in [9.17, 15) is 0 Å². The monoisotopic (exact) mass is 166 g/mol. The zero-order chi connectivity index (χ0) is 0. The molecular weight excluding hydrogens is 162 g/mol. The second kappa shape index (κ2) is 93.3. The first kappa shape index (κ1) is 136. The Bertz CT molecular complexity index is 11.7. The SMILES string of the molecule is [Al+3].[Na+].[OH-].[OH-].[OH-].[OH-].[Ti]. The van der Waals surface area contributed by atoms with Crippen molar-refractivity contribution in [3.8, 4) is 0 Å². The van der Waals surface area contributed by atoms with Crippen LogP contribution in [0.1, 0.15) is 0 Å². The molecule has 0 aliphatic heterocycles. The molecule has 0 amide bonds. The van der Waals surface area contributed by atoms with E-state index in [0.717, 1.165) is 0 Å². The molecule has 0 fully saturated rings. The van der Waals surface area contributed by atoms with Crippen LogP contribution in [0.4, 0.5) is 0 Å². The fourth-order valence-corrected chi connectivity index (χ4v) is 0. The third-order valence-electron chi connectivity index (χ3n) is 0. The predicted octanol–water partition coefficient (Wildman–Crippen LogP) is -4.09. The molecule has 7 heteroatoms. The maximum Gasteiger partial charge on any atom is 3.00 e. The summed E-state index contributed by atoms with van der Waals surface area (Å²) >= 11 is 0. The molecule has 0 radical (unpaired) electrons. The van der Waals surface area contributed by atoms with Crippen molar-refractivity contribution in [3.63, 3.8) is 0 Å². The van der Waals surface area contributed by atoms with Gasteiger partial charge in [-0.15, -0.1) is 0 Å². The van der Waals surface area contributed by atoms with Gasteiger partial charge in [0, 0.05) is 21.7 Å². The van der Waals surface area contributed by atoms with Crippen LogP contribution in [0.15, 0.2) is 0 Å². The fraction of sp³-hybridized carbons (Fsp3) is 0. The Balaban J connectivity index is 0. The smallest absolute Gasteiger partial charge is 0.870 e. The van der Waals surface area contributed by atoms with Crippen LogP contribution < -0.4 is 29.6 Å². The molecule has 0 rings (SSSR count). The second-order valence-corrected chi connectivity index (χ2v) is 0. The van der Waals surface area contributed by atoms with Gasteiger partial charge in [-0.2, -0.15) is 0 Å². The molecule has 0 aliphatic carbocycles. The van der Waals surface area contributed by atoms with Gasteiger partial charge in [0.2, 0.25) is 0 Å². The van der Waals surface area contributed by atoms with Gasteiger partial charge in [0.25, 0.3) is 0 Å². The molecule has 0 aromatic heterocycles. The molecule has 0 atom stereocenters. The van der Waals surface area contributed by atoms with Gasteiger partial charge in [-0.05, 0) is 0 Å². The first-order chi connectivity index (χ1) is 0. The zero-order valence-corrected chi connectivity index (χ0v) is 8.58. The van der Waals surface area contributed by atoms with Crippen molar-refractivity contribution >= 4 is 17.4 Å². The minimum absolute atomic E-state index is 0. The summed E-state index contributed by atoms with van der Waals surface area (Å²) in [6.45, 7) is 0. The Labute approximate surface area is 89.6 Å². The largest absolute Gasteiger partial charge is 3.00 e. The van der Waals surface area contributed by atoms with E-state index in [1.54, 1.807) is 0 Å². The van der Waals surface area contributed by atoms with Crippen LogP contribution in [-0.2, 0) is 21.7 Å². The van der Waals surface area contributed by atoms with Crippen molar-refractivity contribution in [1.29, 1.82) is 0 Å². The van der Waals surface area contributed by atoms with Crippen molar-refractivity contribution in [2.75, 3.05) is 0 Å². The van der Waals surface area contributed by atoms with Gasteiger partial charge in [0.1, 0.15) is 0 Å². The van der Waals surface area contributed by atoms with E-state index in [0.29, 0.717) is 0 Å². The average Bonchev–Trinajstić information content (AvgIpc) is 0. The molecular formula is H4AlNaO4Ti. The Kier molecular flexibility index (Phi) is 1820. The molecule has 0 saturated carbocycles. The molecule has 0 aromatic rings. The van der Waals surface area contributed by atoms with E-state index in [2.05, 4.69) is 0 Å².